The van der Waals surface area contributed by atoms with E-state index >= 15 is 0 Å². The van der Waals surface area contributed by atoms with Gasteiger partial charge >= 0.3 is 5.97 Å². The molecule has 0 aromatic carbocycles. The van der Waals surface area contributed by atoms with Gasteiger partial charge in [-0.25, -0.2) is 0 Å². The summed E-state index contributed by atoms with van der Waals surface area (Å²) in [5.41, 5.74) is 0. The smallest absolute Gasteiger partial charge is 0.305 e. The van der Waals surface area contributed by atoms with Crippen LogP contribution in [0, 0.1) is 0 Å². The molecule has 2 atom stereocenters. The van der Waals surface area contributed by atoms with Crippen LogP contribution in [-0.4, -0.2) is 47.4 Å². The van der Waals surface area contributed by atoms with Gasteiger partial charge in [-0.2, -0.15) is 0 Å². The van der Waals surface area contributed by atoms with Crippen LogP contribution in [-0.2, 0) is 14.3 Å². The molecule has 0 saturated carbocycles. The Labute approximate surface area is 411 Å². The van der Waals surface area contributed by atoms with Crippen molar-refractivity contribution in [3.05, 3.63) is 24.3 Å². The summed E-state index contributed by atoms with van der Waals surface area (Å²) >= 11 is 0. The molecule has 0 aromatic heterocycles. The Hall–Kier alpha value is -1.66. The van der Waals surface area contributed by atoms with E-state index in [0.29, 0.717) is 25.9 Å². The molecule has 0 aromatic rings. The van der Waals surface area contributed by atoms with Gasteiger partial charge in [0, 0.05) is 12.8 Å². The molecule has 6 heteroatoms. The van der Waals surface area contributed by atoms with Crippen molar-refractivity contribution in [3.8, 4) is 0 Å². The highest BCUT2D eigenvalue weighted by Crippen LogP contribution is 2.17. The first-order valence-corrected chi connectivity index (χ1v) is 29.6. The van der Waals surface area contributed by atoms with E-state index in [0.717, 1.165) is 70.6 Å². The minimum absolute atomic E-state index is 0.0149. The van der Waals surface area contributed by atoms with Crippen LogP contribution < -0.4 is 5.32 Å². The highest BCUT2D eigenvalue weighted by Gasteiger charge is 2.20. The Kier molecular flexibility index (Phi) is 54.5. The number of carbonyl (C=O) groups excluding carboxylic acids is 2. The average Bonchev–Trinajstić information content (AvgIpc) is 3.32. The maximum absolute atomic E-state index is 12.5. The third kappa shape index (κ3) is 51.7. The van der Waals surface area contributed by atoms with E-state index in [9.17, 15) is 19.8 Å². The maximum Gasteiger partial charge on any atom is 0.305 e. The summed E-state index contributed by atoms with van der Waals surface area (Å²) in [4.78, 5) is 24.6. The molecule has 1 amide bonds. The van der Waals surface area contributed by atoms with Gasteiger partial charge in [-0.05, 0) is 77.0 Å². The highest BCUT2D eigenvalue weighted by molar-refractivity contribution is 5.76. The third-order valence-electron chi connectivity index (χ3n) is 13.7. The second-order valence-corrected chi connectivity index (χ2v) is 20.3. The summed E-state index contributed by atoms with van der Waals surface area (Å²) in [6.45, 7) is 4.93. The number of ether oxygens (including phenoxy) is 1. The summed E-state index contributed by atoms with van der Waals surface area (Å²) in [6, 6.07) is -0.562. The van der Waals surface area contributed by atoms with Gasteiger partial charge in [0.1, 0.15) is 0 Å². The first-order valence-electron chi connectivity index (χ1n) is 29.6. The van der Waals surface area contributed by atoms with Crippen molar-refractivity contribution >= 4 is 11.9 Å². The molecule has 0 aliphatic heterocycles. The van der Waals surface area contributed by atoms with Gasteiger partial charge < -0.3 is 20.3 Å². The van der Waals surface area contributed by atoms with E-state index in [2.05, 4.69) is 43.5 Å². The molecule has 390 valence electrons. The Bertz CT molecular complexity index is 1030. The molecule has 3 N–H and O–H groups in total. The van der Waals surface area contributed by atoms with Crippen LogP contribution >= 0.6 is 0 Å². The number of amides is 1. The standard InChI is InChI=1S/C60H115NO5/c1-3-5-7-9-11-13-15-17-19-21-23-25-28-32-36-40-44-48-52-58(63)57(56-62)61-59(64)53-49-45-41-37-33-29-27-31-35-39-43-47-51-55-66-60(65)54-50-46-42-38-34-30-26-24-22-20-18-16-14-12-10-8-6-4-2/h20,22,29,33,57-58,62-63H,3-19,21,23-28,30-32,34-56H2,1-2H3,(H,61,64)/b22-20-,33-29-. The normalized spacial score (nSPS) is 12.7. The fourth-order valence-electron chi connectivity index (χ4n) is 9.16. The van der Waals surface area contributed by atoms with Crippen molar-refractivity contribution in [2.75, 3.05) is 13.2 Å². The van der Waals surface area contributed by atoms with Crippen molar-refractivity contribution in [1.29, 1.82) is 0 Å². The lowest BCUT2D eigenvalue weighted by Gasteiger charge is -2.22. The SMILES string of the molecule is CCCCCCCCC/C=C\CCCCCCCCCC(=O)OCCCCCCCC/C=C\CCCCCC(=O)NC(CO)C(O)CCCCCCCCCCCCCCCCCCCC. The number of nitrogens with one attached hydrogen (secondary N) is 1. The second kappa shape index (κ2) is 55.9. The average molecular weight is 931 g/mol. The summed E-state index contributed by atoms with van der Waals surface area (Å²) in [5.74, 6) is -0.0777. The van der Waals surface area contributed by atoms with Crippen LogP contribution in [0.4, 0.5) is 0 Å². The number of esters is 1. The van der Waals surface area contributed by atoms with Crippen molar-refractivity contribution in [2.45, 2.75) is 334 Å². The molecule has 0 radical (unpaired) electrons. The Morgan fingerprint density at radius 2 is 0.712 bits per heavy atom. The van der Waals surface area contributed by atoms with Gasteiger partial charge in [-0.15, -0.1) is 0 Å². The number of aliphatic hydroxyl groups excluding tert-OH is 2. The lowest BCUT2D eigenvalue weighted by Crippen LogP contribution is -2.45. The van der Waals surface area contributed by atoms with E-state index in [1.807, 2.05) is 0 Å². The molecule has 0 fully saturated rings. The fraction of sp³-hybridized carbons (Fsp3) is 0.900. The van der Waals surface area contributed by atoms with E-state index in [1.165, 1.54) is 218 Å². The minimum Gasteiger partial charge on any atom is -0.466 e. The molecular formula is C60H115NO5. The number of rotatable bonds is 55. The minimum atomic E-state index is -0.682. The topological polar surface area (TPSA) is 95.9 Å². The Morgan fingerprint density at radius 1 is 0.409 bits per heavy atom. The van der Waals surface area contributed by atoms with Gasteiger partial charge in [0.15, 0.2) is 0 Å². The quantitative estimate of drug-likeness (QED) is 0.0321. The van der Waals surface area contributed by atoms with Crippen LogP contribution in [0.5, 0.6) is 0 Å². The molecule has 6 nitrogen and oxygen atoms in total. The maximum atomic E-state index is 12.5. The van der Waals surface area contributed by atoms with E-state index in [1.54, 1.807) is 0 Å². The van der Waals surface area contributed by atoms with Crippen LogP contribution in [0.1, 0.15) is 322 Å². The molecule has 0 rings (SSSR count). The van der Waals surface area contributed by atoms with E-state index < -0.39 is 12.1 Å². The molecule has 0 heterocycles. The number of hydrogen-bond donors (Lipinski definition) is 3. The lowest BCUT2D eigenvalue weighted by atomic mass is 10.0. The predicted molar refractivity (Wildman–Crippen MR) is 287 cm³/mol. The largest absolute Gasteiger partial charge is 0.466 e. The molecule has 66 heavy (non-hydrogen) atoms. The third-order valence-corrected chi connectivity index (χ3v) is 13.7. The molecule has 0 saturated heterocycles. The summed E-state index contributed by atoms with van der Waals surface area (Å²) in [5, 5.41) is 23.3. The number of allylic oxidation sites excluding steroid dienone is 4. The summed E-state index contributed by atoms with van der Waals surface area (Å²) in [6.07, 6.45) is 67.4. The van der Waals surface area contributed by atoms with E-state index in [4.69, 9.17) is 4.74 Å². The van der Waals surface area contributed by atoms with Crippen LogP contribution in [0.2, 0.25) is 0 Å². The molecule has 0 aliphatic rings. The zero-order chi connectivity index (χ0) is 47.9. The van der Waals surface area contributed by atoms with Crippen molar-refractivity contribution < 1.29 is 24.5 Å². The molecular weight excluding hydrogens is 815 g/mol. The van der Waals surface area contributed by atoms with Crippen LogP contribution in [0.3, 0.4) is 0 Å². The van der Waals surface area contributed by atoms with Crippen molar-refractivity contribution in [2.24, 2.45) is 0 Å². The number of unbranched alkanes of at least 4 members (excludes halogenated alkanes) is 40. The number of hydrogen-bond acceptors (Lipinski definition) is 5. The van der Waals surface area contributed by atoms with Gasteiger partial charge in [0.05, 0.1) is 25.4 Å². The molecule has 0 spiro atoms. The fourth-order valence-corrected chi connectivity index (χ4v) is 9.16. The molecule has 0 aliphatic carbocycles. The van der Waals surface area contributed by atoms with Gasteiger partial charge in [0.2, 0.25) is 5.91 Å². The highest BCUT2D eigenvalue weighted by atomic mass is 16.5. The van der Waals surface area contributed by atoms with Gasteiger partial charge in [-0.1, -0.05) is 256 Å². The summed E-state index contributed by atoms with van der Waals surface area (Å²) < 4.78 is 5.47. The van der Waals surface area contributed by atoms with Crippen LogP contribution in [0.15, 0.2) is 24.3 Å². The van der Waals surface area contributed by atoms with Crippen LogP contribution in [0.25, 0.3) is 0 Å². The number of aliphatic hydroxyl groups is 2. The van der Waals surface area contributed by atoms with E-state index in [-0.39, 0.29) is 18.5 Å². The summed E-state index contributed by atoms with van der Waals surface area (Å²) in [7, 11) is 0. The van der Waals surface area contributed by atoms with Gasteiger partial charge in [0.25, 0.3) is 0 Å². The zero-order valence-corrected chi connectivity index (χ0v) is 44.4. The number of carbonyl (C=O) groups is 2. The van der Waals surface area contributed by atoms with Crippen molar-refractivity contribution in [3.63, 3.8) is 0 Å². The lowest BCUT2D eigenvalue weighted by molar-refractivity contribution is -0.143. The second-order valence-electron chi connectivity index (χ2n) is 20.3. The Morgan fingerprint density at radius 3 is 1.09 bits per heavy atom. The molecule has 0 bridgehead atoms. The molecule has 2 unspecified atom stereocenters. The monoisotopic (exact) mass is 930 g/mol. The van der Waals surface area contributed by atoms with Crippen molar-refractivity contribution in [1.82, 2.24) is 5.32 Å². The zero-order valence-electron chi connectivity index (χ0n) is 44.4. The first-order chi connectivity index (χ1) is 32.5. The first kappa shape index (κ1) is 64.3. The van der Waals surface area contributed by atoms with Gasteiger partial charge in [-0.3, -0.25) is 9.59 Å². The Balaban J connectivity index is 3.48. The predicted octanol–water partition coefficient (Wildman–Crippen LogP) is 18.2.